The van der Waals surface area contributed by atoms with Crippen molar-refractivity contribution >= 4 is 12.1 Å². The highest BCUT2D eigenvalue weighted by Crippen LogP contribution is 2.16. The number of piperazine rings is 1. The first-order chi connectivity index (χ1) is 14.1. The number of rotatable bonds is 7. The Bertz CT molecular complexity index is 793. The molecule has 1 aromatic heterocycles. The fraction of sp³-hybridized carbons (Fsp3) is 0.700. The van der Waals surface area contributed by atoms with Crippen molar-refractivity contribution in [3.05, 3.63) is 22.1 Å². The van der Waals surface area contributed by atoms with E-state index in [0.717, 1.165) is 0 Å². The second kappa shape index (κ2) is 10.4. The number of amides is 1. The van der Waals surface area contributed by atoms with Crippen LogP contribution >= 0.6 is 0 Å². The molecule has 2 heterocycles. The van der Waals surface area contributed by atoms with Crippen LogP contribution in [0.1, 0.15) is 45.6 Å². The van der Waals surface area contributed by atoms with Crippen molar-refractivity contribution in [3.63, 3.8) is 0 Å². The number of nitrogens with zero attached hydrogens (tertiary/aromatic N) is 4. The lowest BCUT2D eigenvalue weighted by atomic mass is 10.2. The molecule has 0 saturated carbocycles. The third-order valence-corrected chi connectivity index (χ3v) is 4.74. The summed E-state index contributed by atoms with van der Waals surface area (Å²) in [5.41, 5.74) is -0.621. The molecule has 1 aromatic rings. The minimum atomic E-state index is -0.544. The fourth-order valence-electron chi connectivity index (χ4n) is 3.08. The van der Waals surface area contributed by atoms with Gasteiger partial charge in [-0.3, -0.25) is 14.5 Å². The van der Waals surface area contributed by atoms with Gasteiger partial charge in [-0.15, -0.1) is 0 Å². The highest BCUT2D eigenvalue weighted by atomic mass is 16.6. The van der Waals surface area contributed by atoms with Crippen molar-refractivity contribution in [2.75, 3.05) is 33.3 Å². The summed E-state index contributed by atoms with van der Waals surface area (Å²) in [7, 11) is 1.34. The van der Waals surface area contributed by atoms with Gasteiger partial charge in [-0.05, 0) is 33.6 Å². The Balaban J connectivity index is 1.86. The Morgan fingerprint density at radius 3 is 2.43 bits per heavy atom. The first-order valence-electron chi connectivity index (χ1n) is 10.2. The molecule has 0 spiro atoms. The van der Waals surface area contributed by atoms with Crippen LogP contribution in [-0.2, 0) is 27.4 Å². The van der Waals surface area contributed by atoms with E-state index in [0.29, 0.717) is 57.7 Å². The van der Waals surface area contributed by atoms with Gasteiger partial charge >= 0.3 is 17.6 Å². The van der Waals surface area contributed by atoms with Gasteiger partial charge in [-0.1, -0.05) is 0 Å². The average Bonchev–Trinajstić information content (AvgIpc) is 2.69. The smallest absolute Gasteiger partial charge is 0.410 e. The third kappa shape index (κ3) is 7.01. The van der Waals surface area contributed by atoms with E-state index < -0.39 is 11.2 Å². The molecule has 0 aliphatic carbocycles. The molecule has 2 rings (SSSR count). The SMILES string of the molecule is COC(=O)CCCCn1ncc(CN2CCN(C(=O)OC(C)(C)C)CC2)c(O)c1=O. The van der Waals surface area contributed by atoms with E-state index in [-0.39, 0.29) is 24.2 Å². The Morgan fingerprint density at radius 1 is 1.17 bits per heavy atom. The topological polar surface area (TPSA) is 114 Å². The molecular weight excluding hydrogens is 392 g/mol. The van der Waals surface area contributed by atoms with E-state index in [2.05, 4.69) is 14.7 Å². The Labute approximate surface area is 176 Å². The van der Waals surface area contributed by atoms with Crippen LogP contribution in [0.3, 0.4) is 0 Å². The van der Waals surface area contributed by atoms with Crippen molar-refractivity contribution in [3.8, 4) is 5.75 Å². The number of unbranched alkanes of at least 4 members (excludes halogenated alkanes) is 1. The van der Waals surface area contributed by atoms with Gasteiger partial charge in [0.05, 0.1) is 13.3 Å². The molecule has 1 aliphatic heterocycles. The second-order valence-corrected chi connectivity index (χ2v) is 8.32. The van der Waals surface area contributed by atoms with E-state index in [4.69, 9.17) is 4.74 Å². The minimum Gasteiger partial charge on any atom is -0.503 e. The van der Waals surface area contributed by atoms with Crippen LogP contribution in [0.2, 0.25) is 0 Å². The second-order valence-electron chi connectivity index (χ2n) is 8.32. The lowest BCUT2D eigenvalue weighted by molar-refractivity contribution is -0.140. The van der Waals surface area contributed by atoms with Crippen LogP contribution in [0.4, 0.5) is 4.79 Å². The number of carbonyl (C=O) groups excluding carboxylic acids is 2. The largest absolute Gasteiger partial charge is 0.503 e. The van der Waals surface area contributed by atoms with Crippen LogP contribution in [0.25, 0.3) is 0 Å². The highest BCUT2D eigenvalue weighted by Gasteiger charge is 2.26. The molecular formula is C20H32N4O6. The zero-order chi connectivity index (χ0) is 22.3. The van der Waals surface area contributed by atoms with Gasteiger partial charge in [-0.2, -0.15) is 5.10 Å². The summed E-state index contributed by atoms with van der Waals surface area (Å²) in [6.07, 6.45) is 2.60. The summed E-state index contributed by atoms with van der Waals surface area (Å²) in [5.74, 6) is -0.604. The van der Waals surface area contributed by atoms with Crippen LogP contribution in [0, 0.1) is 0 Å². The molecule has 10 heteroatoms. The maximum Gasteiger partial charge on any atom is 0.410 e. The zero-order valence-corrected chi connectivity index (χ0v) is 18.2. The van der Waals surface area contributed by atoms with Crippen LogP contribution < -0.4 is 5.56 Å². The van der Waals surface area contributed by atoms with E-state index in [1.165, 1.54) is 18.0 Å². The molecule has 1 fully saturated rings. The predicted octanol–water partition coefficient (Wildman–Crippen LogP) is 1.34. The number of carbonyl (C=O) groups is 2. The van der Waals surface area contributed by atoms with Gasteiger partial charge in [0.25, 0.3) is 0 Å². The van der Waals surface area contributed by atoms with Crippen molar-refractivity contribution in [1.82, 2.24) is 19.6 Å². The van der Waals surface area contributed by atoms with Gasteiger partial charge in [0.15, 0.2) is 5.75 Å². The summed E-state index contributed by atoms with van der Waals surface area (Å²) < 4.78 is 11.2. The molecule has 168 valence electrons. The number of hydrogen-bond donors (Lipinski definition) is 1. The summed E-state index contributed by atoms with van der Waals surface area (Å²) in [4.78, 5) is 39.3. The lowest BCUT2D eigenvalue weighted by Gasteiger charge is -2.35. The summed E-state index contributed by atoms with van der Waals surface area (Å²) >= 11 is 0. The number of methoxy groups -OCH3 is 1. The maximum atomic E-state index is 12.4. The molecule has 0 atom stereocenters. The van der Waals surface area contributed by atoms with Crippen molar-refractivity contribution in [2.45, 2.75) is 58.7 Å². The molecule has 30 heavy (non-hydrogen) atoms. The number of aromatic nitrogens is 2. The Morgan fingerprint density at radius 2 is 1.83 bits per heavy atom. The van der Waals surface area contributed by atoms with E-state index in [1.807, 2.05) is 20.8 Å². The fourth-order valence-corrected chi connectivity index (χ4v) is 3.08. The molecule has 0 unspecified atom stereocenters. The number of ether oxygens (including phenoxy) is 2. The van der Waals surface area contributed by atoms with Gasteiger partial charge < -0.3 is 19.5 Å². The lowest BCUT2D eigenvalue weighted by Crippen LogP contribution is -2.49. The monoisotopic (exact) mass is 424 g/mol. The maximum absolute atomic E-state index is 12.4. The molecule has 1 N–H and O–H groups in total. The normalized spacial score (nSPS) is 15.1. The number of hydrogen-bond acceptors (Lipinski definition) is 8. The van der Waals surface area contributed by atoms with Gasteiger partial charge in [0, 0.05) is 51.3 Å². The molecule has 1 aliphatic rings. The predicted molar refractivity (Wildman–Crippen MR) is 109 cm³/mol. The molecule has 0 aromatic carbocycles. The van der Waals surface area contributed by atoms with E-state index in [1.54, 1.807) is 4.90 Å². The Hall–Kier alpha value is -2.62. The van der Waals surface area contributed by atoms with Crippen LogP contribution in [0.5, 0.6) is 5.75 Å². The average molecular weight is 424 g/mol. The Kier molecular flexibility index (Phi) is 8.22. The number of esters is 1. The molecule has 10 nitrogen and oxygen atoms in total. The van der Waals surface area contributed by atoms with Gasteiger partial charge in [0.2, 0.25) is 0 Å². The number of aromatic hydroxyl groups is 1. The first-order valence-corrected chi connectivity index (χ1v) is 10.2. The van der Waals surface area contributed by atoms with Crippen molar-refractivity contribution in [1.29, 1.82) is 0 Å². The van der Waals surface area contributed by atoms with Crippen molar-refractivity contribution < 1.29 is 24.2 Å². The number of aryl methyl sites for hydroxylation is 1. The quantitative estimate of drug-likeness (QED) is 0.515. The third-order valence-electron chi connectivity index (χ3n) is 4.74. The van der Waals surface area contributed by atoms with E-state index in [9.17, 15) is 19.5 Å². The molecule has 0 bridgehead atoms. The summed E-state index contributed by atoms with van der Waals surface area (Å²) in [5, 5.41) is 14.4. The molecule has 1 saturated heterocycles. The standard InChI is InChI=1S/C20H32N4O6/c1-20(2,3)30-19(28)23-11-9-22(10-12-23)14-15-13-21-24(18(27)17(15)26)8-6-5-7-16(25)29-4/h13,26H,5-12,14H2,1-4H3. The van der Waals surface area contributed by atoms with Gasteiger partial charge in [-0.25, -0.2) is 9.48 Å². The van der Waals surface area contributed by atoms with Crippen LogP contribution in [0.15, 0.2) is 11.0 Å². The zero-order valence-electron chi connectivity index (χ0n) is 18.2. The van der Waals surface area contributed by atoms with Crippen molar-refractivity contribution in [2.24, 2.45) is 0 Å². The first kappa shape index (κ1) is 23.7. The molecule has 0 radical (unpaired) electrons. The highest BCUT2D eigenvalue weighted by molar-refractivity contribution is 5.69. The van der Waals surface area contributed by atoms with E-state index >= 15 is 0 Å². The minimum absolute atomic E-state index is 0.282. The summed E-state index contributed by atoms with van der Waals surface area (Å²) in [6, 6.07) is 0. The molecule has 1 amide bonds. The van der Waals surface area contributed by atoms with Gasteiger partial charge in [0.1, 0.15) is 5.60 Å². The van der Waals surface area contributed by atoms with Crippen LogP contribution in [-0.4, -0.2) is 75.6 Å². The summed E-state index contributed by atoms with van der Waals surface area (Å²) in [6.45, 7) is 8.43.